The molecule has 1 aromatic carbocycles. The lowest BCUT2D eigenvalue weighted by Gasteiger charge is -2.12. The average Bonchev–Trinajstić information content (AvgIpc) is 2.58. The van der Waals surface area contributed by atoms with E-state index in [-0.39, 0.29) is 5.92 Å². The SMILES string of the molecule is CC1=NN=C(N)C1c1ccc(C(F)(F)F)cc1. The highest BCUT2D eigenvalue weighted by Crippen LogP contribution is 2.31. The summed E-state index contributed by atoms with van der Waals surface area (Å²) in [6, 6.07) is 4.88. The Hall–Kier alpha value is -1.85. The Balaban J connectivity index is 2.31. The molecule has 1 unspecified atom stereocenters. The summed E-state index contributed by atoms with van der Waals surface area (Å²) in [4.78, 5) is 0. The van der Waals surface area contributed by atoms with Crippen molar-refractivity contribution in [2.24, 2.45) is 15.9 Å². The van der Waals surface area contributed by atoms with E-state index in [0.29, 0.717) is 17.1 Å². The van der Waals surface area contributed by atoms with Gasteiger partial charge < -0.3 is 5.73 Å². The maximum atomic E-state index is 12.4. The minimum Gasteiger partial charge on any atom is -0.385 e. The van der Waals surface area contributed by atoms with Crippen molar-refractivity contribution in [3.8, 4) is 0 Å². The summed E-state index contributed by atoms with van der Waals surface area (Å²) < 4.78 is 37.1. The second kappa shape index (κ2) is 3.87. The van der Waals surface area contributed by atoms with Gasteiger partial charge in [0.05, 0.1) is 17.2 Å². The number of nitrogens with zero attached hydrogens (tertiary/aromatic N) is 2. The highest BCUT2D eigenvalue weighted by atomic mass is 19.4. The van der Waals surface area contributed by atoms with E-state index in [0.717, 1.165) is 12.1 Å². The van der Waals surface area contributed by atoms with Gasteiger partial charge in [-0.2, -0.15) is 18.3 Å². The second-order valence-corrected chi connectivity index (χ2v) is 3.82. The summed E-state index contributed by atoms with van der Waals surface area (Å²) in [5.41, 5.74) is 6.31. The largest absolute Gasteiger partial charge is 0.416 e. The number of benzene rings is 1. The minimum absolute atomic E-state index is 0.308. The van der Waals surface area contributed by atoms with Gasteiger partial charge in [0.25, 0.3) is 0 Å². The fraction of sp³-hybridized carbons (Fsp3) is 0.273. The zero-order chi connectivity index (χ0) is 12.6. The van der Waals surface area contributed by atoms with Gasteiger partial charge in [0.2, 0.25) is 0 Å². The topological polar surface area (TPSA) is 50.7 Å². The molecule has 0 amide bonds. The summed E-state index contributed by atoms with van der Waals surface area (Å²) >= 11 is 0. The molecule has 1 heterocycles. The number of hydrogen-bond acceptors (Lipinski definition) is 3. The van der Waals surface area contributed by atoms with Gasteiger partial charge in [-0.05, 0) is 24.6 Å². The average molecular weight is 241 g/mol. The quantitative estimate of drug-likeness (QED) is 0.807. The van der Waals surface area contributed by atoms with Crippen molar-refractivity contribution in [2.45, 2.75) is 19.0 Å². The molecule has 0 saturated carbocycles. The van der Waals surface area contributed by atoms with E-state index in [1.165, 1.54) is 12.1 Å². The number of rotatable bonds is 1. The third-order valence-corrected chi connectivity index (χ3v) is 2.61. The molecule has 0 aromatic heterocycles. The molecule has 1 aliphatic rings. The molecular weight excluding hydrogens is 231 g/mol. The van der Waals surface area contributed by atoms with E-state index in [1.54, 1.807) is 6.92 Å². The first-order valence-corrected chi connectivity index (χ1v) is 4.94. The van der Waals surface area contributed by atoms with Crippen LogP contribution in [0.1, 0.15) is 24.0 Å². The van der Waals surface area contributed by atoms with Gasteiger partial charge in [-0.1, -0.05) is 12.1 Å². The summed E-state index contributed by atoms with van der Waals surface area (Å²) in [6.07, 6.45) is -4.32. The van der Waals surface area contributed by atoms with Gasteiger partial charge in [-0.25, -0.2) is 0 Å². The van der Waals surface area contributed by atoms with Gasteiger partial charge in [0.1, 0.15) is 5.84 Å². The van der Waals surface area contributed by atoms with E-state index in [2.05, 4.69) is 10.2 Å². The number of amidine groups is 1. The molecule has 3 nitrogen and oxygen atoms in total. The smallest absolute Gasteiger partial charge is 0.385 e. The lowest BCUT2D eigenvalue weighted by Crippen LogP contribution is -2.23. The normalized spacial score (nSPS) is 20.1. The molecule has 0 saturated heterocycles. The lowest BCUT2D eigenvalue weighted by molar-refractivity contribution is -0.137. The Morgan fingerprint density at radius 2 is 1.71 bits per heavy atom. The van der Waals surface area contributed by atoms with Crippen LogP contribution in [0, 0.1) is 0 Å². The van der Waals surface area contributed by atoms with Crippen LogP contribution in [0.3, 0.4) is 0 Å². The monoisotopic (exact) mass is 241 g/mol. The molecule has 1 aliphatic heterocycles. The maximum absolute atomic E-state index is 12.4. The molecule has 0 aliphatic carbocycles. The lowest BCUT2D eigenvalue weighted by atomic mass is 9.93. The molecule has 2 rings (SSSR count). The summed E-state index contributed by atoms with van der Waals surface area (Å²) in [7, 11) is 0. The third-order valence-electron chi connectivity index (χ3n) is 2.61. The Bertz CT molecular complexity index is 468. The zero-order valence-electron chi connectivity index (χ0n) is 8.99. The number of hydrogen-bond donors (Lipinski definition) is 1. The van der Waals surface area contributed by atoms with E-state index in [9.17, 15) is 13.2 Å². The van der Waals surface area contributed by atoms with Crippen LogP contribution in [-0.2, 0) is 6.18 Å². The molecule has 0 fully saturated rings. The molecule has 6 heteroatoms. The van der Waals surface area contributed by atoms with Crippen molar-refractivity contribution >= 4 is 11.5 Å². The molecule has 1 aromatic rings. The maximum Gasteiger partial charge on any atom is 0.416 e. The summed E-state index contributed by atoms with van der Waals surface area (Å²) in [6.45, 7) is 1.74. The van der Waals surface area contributed by atoms with Gasteiger partial charge in [0, 0.05) is 0 Å². The van der Waals surface area contributed by atoms with Crippen molar-refractivity contribution in [1.29, 1.82) is 0 Å². The number of alkyl halides is 3. The molecule has 0 spiro atoms. The van der Waals surface area contributed by atoms with Crippen LogP contribution in [0.2, 0.25) is 0 Å². The molecule has 0 bridgehead atoms. The Morgan fingerprint density at radius 1 is 1.12 bits per heavy atom. The van der Waals surface area contributed by atoms with Crippen LogP contribution < -0.4 is 5.73 Å². The zero-order valence-corrected chi connectivity index (χ0v) is 8.99. The van der Waals surface area contributed by atoms with Gasteiger partial charge in [-0.3, -0.25) is 0 Å². The van der Waals surface area contributed by atoms with Crippen LogP contribution in [0.15, 0.2) is 34.5 Å². The van der Waals surface area contributed by atoms with Crippen LogP contribution in [0.4, 0.5) is 13.2 Å². The molecule has 17 heavy (non-hydrogen) atoms. The van der Waals surface area contributed by atoms with Crippen molar-refractivity contribution in [1.82, 2.24) is 0 Å². The van der Waals surface area contributed by atoms with Crippen molar-refractivity contribution in [2.75, 3.05) is 0 Å². The first-order valence-electron chi connectivity index (χ1n) is 4.94. The fourth-order valence-electron chi connectivity index (χ4n) is 1.74. The molecule has 0 radical (unpaired) electrons. The van der Waals surface area contributed by atoms with E-state index in [1.807, 2.05) is 0 Å². The second-order valence-electron chi connectivity index (χ2n) is 3.82. The van der Waals surface area contributed by atoms with Gasteiger partial charge in [0.15, 0.2) is 0 Å². The summed E-state index contributed by atoms with van der Waals surface area (Å²) in [5, 5.41) is 7.51. The van der Waals surface area contributed by atoms with Crippen LogP contribution in [0.5, 0.6) is 0 Å². The minimum atomic E-state index is -4.32. The number of nitrogens with two attached hydrogens (primary N) is 1. The predicted octanol–water partition coefficient (Wildman–Crippen LogP) is 2.54. The standard InChI is InChI=1S/C11H10F3N3/c1-6-9(10(15)17-16-6)7-2-4-8(5-3-7)11(12,13)14/h2-5,9H,1H3,(H2,15,17). The number of halogens is 3. The van der Waals surface area contributed by atoms with E-state index < -0.39 is 11.7 Å². The van der Waals surface area contributed by atoms with Crippen LogP contribution in [0.25, 0.3) is 0 Å². The van der Waals surface area contributed by atoms with Crippen molar-refractivity contribution in [3.63, 3.8) is 0 Å². The first kappa shape index (κ1) is 11.6. The molecule has 90 valence electrons. The van der Waals surface area contributed by atoms with E-state index in [4.69, 9.17) is 5.73 Å². The Labute approximate surface area is 95.8 Å². The Kier molecular flexibility index (Phi) is 2.65. The van der Waals surface area contributed by atoms with Gasteiger partial charge in [-0.15, -0.1) is 5.10 Å². The van der Waals surface area contributed by atoms with Crippen molar-refractivity contribution in [3.05, 3.63) is 35.4 Å². The summed E-state index contributed by atoms with van der Waals surface area (Å²) in [5.74, 6) is -0.000424. The Morgan fingerprint density at radius 3 is 2.12 bits per heavy atom. The van der Waals surface area contributed by atoms with Gasteiger partial charge >= 0.3 is 6.18 Å². The van der Waals surface area contributed by atoms with E-state index >= 15 is 0 Å². The highest BCUT2D eigenvalue weighted by molar-refractivity contribution is 6.12. The molecular formula is C11H10F3N3. The predicted molar refractivity (Wildman–Crippen MR) is 58.9 cm³/mol. The fourth-order valence-corrected chi connectivity index (χ4v) is 1.74. The molecule has 1 atom stereocenters. The highest BCUT2D eigenvalue weighted by Gasteiger charge is 2.31. The van der Waals surface area contributed by atoms with Crippen LogP contribution >= 0.6 is 0 Å². The van der Waals surface area contributed by atoms with Crippen LogP contribution in [-0.4, -0.2) is 11.5 Å². The molecule has 2 N–H and O–H groups in total. The van der Waals surface area contributed by atoms with Crippen molar-refractivity contribution < 1.29 is 13.2 Å². The third kappa shape index (κ3) is 2.15. The first-order chi connectivity index (χ1) is 7.89.